The van der Waals surface area contributed by atoms with Gasteiger partial charge in [0, 0.05) is 5.38 Å². The summed E-state index contributed by atoms with van der Waals surface area (Å²) in [5.41, 5.74) is 1.02. The summed E-state index contributed by atoms with van der Waals surface area (Å²) in [4.78, 5) is 4.43. The van der Waals surface area contributed by atoms with E-state index in [1.165, 1.54) is 0 Å². The molecule has 0 aliphatic heterocycles. The number of rotatable bonds is 1. The molecule has 0 atom stereocenters. The van der Waals surface area contributed by atoms with Gasteiger partial charge in [-0.3, -0.25) is 0 Å². The molecular weight excluding hydrogens is 186 g/mol. The van der Waals surface area contributed by atoms with Crippen LogP contribution in [0.25, 0.3) is 0 Å². The molecule has 0 aliphatic rings. The van der Waals surface area contributed by atoms with Crippen LogP contribution in [0.3, 0.4) is 0 Å². The Balaban J connectivity index is 2.42. The van der Waals surface area contributed by atoms with Crippen molar-refractivity contribution in [3.05, 3.63) is 46.4 Å². The highest BCUT2D eigenvalue weighted by Crippen LogP contribution is 2.09. The molecule has 1 nitrogen and oxygen atoms in total. The van der Waals surface area contributed by atoms with E-state index >= 15 is 0 Å². The van der Waals surface area contributed by atoms with Crippen molar-refractivity contribution in [1.82, 2.24) is 0 Å². The summed E-state index contributed by atoms with van der Waals surface area (Å²) in [7, 11) is 3.40. The highest BCUT2D eigenvalue weighted by molar-refractivity contribution is 7.67. The normalized spacial score (nSPS) is 11.8. The van der Waals surface area contributed by atoms with Crippen molar-refractivity contribution in [2.45, 2.75) is 0 Å². The summed E-state index contributed by atoms with van der Waals surface area (Å²) >= 11 is 0. The van der Waals surface area contributed by atoms with Crippen LogP contribution in [0.5, 0.6) is 0 Å². The van der Waals surface area contributed by atoms with Crippen molar-refractivity contribution >= 4 is 26.4 Å². The Hall–Kier alpha value is -0.930. The topological polar surface area (TPSA) is 12.4 Å². The molecule has 1 aromatic heterocycles. The summed E-state index contributed by atoms with van der Waals surface area (Å²) < 4.78 is 1.08. The second kappa shape index (κ2) is 3.65. The van der Waals surface area contributed by atoms with Gasteiger partial charge in [0.2, 0.25) is 0 Å². The minimum atomic E-state index is 1.02. The number of benzene rings is 1. The molecule has 0 radical (unpaired) electrons. The van der Waals surface area contributed by atoms with Crippen LogP contribution in [0.15, 0.2) is 46.8 Å². The molecule has 2 rings (SSSR count). The minimum absolute atomic E-state index is 1.02. The van der Waals surface area contributed by atoms with E-state index in [-0.39, 0.29) is 0 Å². The molecule has 0 bridgehead atoms. The van der Waals surface area contributed by atoms with Gasteiger partial charge in [0.1, 0.15) is 4.67 Å². The van der Waals surface area contributed by atoms with E-state index in [2.05, 4.69) is 4.99 Å². The lowest BCUT2D eigenvalue weighted by molar-refractivity contribution is 1.42. The predicted octanol–water partition coefficient (Wildman–Crippen LogP) is 3.04. The minimum Gasteiger partial charge on any atom is -0.237 e. The molecule has 0 N–H and O–H groups in total. The zero-order valence-corrected chi connectivity index (χ0v) is 7.94. The quantitative estimate of drug-likeness (QED) is 0.617. The Morgan fingerprint density at radius 2 is 1.83 bits per heavy atom. The highest BCUT2D eigenvalue weighted by Gasteiger charge is 1.85. The fraction of sp³-hybridized carbons (Fsp3) is 0. The lowest BCUT2D eigenvalue weighted by atomic mass is 10.3. The number of hydrogen-bond acceptors (Lipinski definition) is 3. The van der Waals surface area contributed by atoms with Crippen molar-refractivity contribution in [3.63, 3.8) is 0 Å². The smallest absolute Gasteiger partial charge is 0.127 e. The maximum absolute atomic E-state index is 4.43. The van der Waals surface area contributed by atoms with Crippen LogP contribution in [0.4, 0.5) is 5.69 Å². The Morgan fingerprint density at radius 3 is 2.50 bits per heavy atom. The number of nitrogens with zero attached hydrogens (tertiary/aromatic N) is 1. The third-order valence-corrected chi connectivity index (χ3v) is 3.27. The molecule has 0 saturated heterocycles. The van der Waals surface area contributed by atoms with Crippen molar-refractivity contribution in [2.75, 3.05) is 0 Å². The van der Waals surface area contributed by atoms with Gasteiger partial charge < -0.3 is 0 Å². The zero-order chi connectivity index (χ0) is 8.23. The van der Waals surface area contributed by atoms with Crippen LogP contribution in [-0.4, -0.2) is 0 Å². The van der Waals surface area contributed by atoms with Gasteiger partial charge in [-0.25, -0.2) is 4.99 Å². The van der Waals surface area contributed by atoms with E-state index in [4.69, 9.17) is 0 Å². The average Bonchev–Trinajstić information content (AvgIpc) is 2.59. The summed E-state index contributed by atoms with van der Waals surface area (Å²) in [5.74, 6) is 0. The molecular formula is C9H7NS2. The second-order valence-corrected chi connectivity index (χ2v) is 4.39. The standard InChI is InChI=1S/C9H7NS2/c1-2-4-8(5-3-1)10-9-6-7-11-12-9/h1-7H. The molecule has 60 valence electrons. The molecule has 0 aliphatic carbocycles. The lowest BCUT2D eigenvalue weighted by Crippen LogP contribution is -1.86. The van der Waals surface area contributed by atoms with Gasteiger partial charge >= 0.3 is 0 Å². The third kappa shape index (κ3) is 1.81. The van der Waals surface area contributed by atoms with Gasteiger partial charge in [-0.15, -0.1) is 0 Å². The first-order chi connectivity index (χ1) is 5.95. The van der Waals surface area contributed by atoms with E-state index in [1.54, 1.807) is 20.7 Å². The van der Waals surface area contributed by atoms with E-state index < -0.39 is 0 Å². The lowest BCUT2D eigenvalue weighted by Gasteiger charge is -1.87. The fourth-order valence-electron chi connectivity index (χ4n) is 0.877. The summed E-state index contributed by atoms with van der Waals surface area (Å²) in [6.07, 6.45) is 0. The first kappa shape index (κ1) is 7.71. The van der Waals surface area contributed by atoms with Gasteiger partial charge in [-0.1, -0.05) is 38.9 Å². The van der Waals surface area contributed by atoms with E-state index in [1.807, 2.05) is 41.8 Å². The Morgan fingerprint density at radius 1 is 1.00 bits per heavy atom. The largest absolute Gasteiger partial charge is 0.237 e. The molecule has 1 aromatic carbocycles. The fourth-order valence-corrected chi connectivity index (χ4v) is 2.48. The SMILES string of the molecule is c1ccc(N=c2ccss2)cc1. The molecule has 2 aromatic rings. The first-order valence-corrected chi connectivity index (χ1v) is 5.80. The molecule has 0 amide bonds. The van der Waals surface area contributed by atoms with Crippen LogP contribution in [-0.2, 0) is 0 Å². The molecule has 0 saturated carbocycles. The Kier molecular flexibility index (Phi) is 2.34. The van der Waals surface area contributed by atoms with Crippen LogP contribution in [0.1, 0.15) is 0 Å². The predicted molar refractivity (Wildman–Crippen MR) is 53.9 cm³/mol. The third-order valence-electron chi connectivity index (χ3n) is 1.40. The zero-order valence-electron chi connectivity index (χ0n) is 6.31. The van der Waals surface area contributed by atoms with Crippen molar-refractivity contribution in [2.24, 2.45) is 4.99 Å². The average molecular weight is 193 g/mol. The van der Waals surface area contributed by atoms with Crippen molar-refractivity contribution in [1.29, 1.82) is 0 Å². The Bertz CT molecular complexity index is 383. The molecule has 0 spiro atoms. The maximum Gasteiger partial charge on any atom is 0.127 e. The molecule has 12 heavy (non-hydrogen) atoms. The Labute approximate surface area is 78.1 Å². The summed E-state index contributed by atoms with van der Waals surface area (Å²) in [6.45, 7) is 0. The van der Waals surface area contributed by atoms with Crippen molar-refractivity contribution < 1.29 is 0 Å². The number of hydrogen-bond donors (Lipinski definition) is 0. The van der Waals surface area contributed by atoms with Gasteiger partial charge in [0.15, 0.2) is 0 Å². The molecule has 0 fully saturated rings. The van der Waals surface area contributed by atoms with Crippen LogP contribution in [0, 0.1) is 0 Å². The number of para-hydroxylation sites is 1. The van der Waals surface area contributed by atoms with Gasteiger partial charge in [-0.05, 0) is 18.2 Å². The van der Waals surface area contributed by atoms with Crippen LogP contribution < -0.4 is 4.67 Å². The van der Waals surface area contributed by atoms with Gasteiger partial charge in [-0.2, -0.15) is 0 Å². The maximum atomic E-state index is 4.43. The first-order valence-electron chi connectivity index (χ1n) is 3.59. The molecule has 1 heterocycles. The van der Waals surface area contributed by atoms with Crippen molar-refractivity contribution in [3.8, 4) is 0 Å². The van der Waals surface area contributed by atoms with Gasteiger partial charge in [0.25, 0.3) is 0 Å². The highest BCUT2D eigenvalue weighted by atomic mass is 32.9. The van der Waals surface area contributed by atoms with E-state index in [9.17, 15) is 0 Å². The molecule has 3 heteroatoms. The van der Waals surface area contributed by atoms with Crippen LogP contribution in [0.2, 0.25) is 0 Å². The van der Waals surface area contributed by atoms with E-state index in [0.717, 1.165) is 10.4 Å². The second-order valence-electron chi connectivity index (χ2n) is 2.27. The van der Waals surface area contributed by atoms with Crippen LogP contribution >= 0.6 is 20.7 Å². The summed E-state index contributed by atoms with van der Waals surface area (Å²) in [6, 6.07) is 12.0. The summed E-state index contributed by atoms with van der Waals surface area (Å²) in [5, 5.41) is 2.05. The van der Waals surface area contributed by atoms with E-state index in [0.29, 0.717) is 0 Å². The van der Waals surface area contributed by atoms with Gasteiger partial charge in [0.05, 0.1) is 5.69 Å². The monoisotopic (exact) mass is 193 g/mol. The molecule has 0 unspecified atom stereocenters.